The molecule has 1 fully saturated rings. The van der Waals surface area contributed by atoms with E-state index in [0.717, 1.165) is 32.1 Å². The fourth-order valence-electron chi connectivity index (χ4n) is 2.46. The largest absolute Gasteiger partial charge is 0.337 e. The van der Waals surface area contributed by atoms with Crippen LogP contribution in [0, 0.1) is 0 Å². The second-order valence-corrected chi connectivity index (χ2v) is 5.73. The molecule has 7 nitrogen and oxygen atoms in total. The summed E-state index contributed by atoms with van der Waals surface area (Å²) in [6, 6.07) is 0. The Kier molecular flexibility index (Phi) is 5.91. The standard InChI is InChI=1S/C15H24N4O3/c1-3-7-12-16-13(22-17-12)10-18(2)15(21)11-19-9-6-4-5-8-14(19)20/h3-11H2,1-2H3. The lowest BCUT2D eigenvalue weighted by Crippen LogP contribution is -2.41. The van der Waals surface area contributed by atoms with E-state index >= 15 is 0 Å². The third-order valence-electron chi connectivity index (χ3n) is 3.78. The first-order valence-electron chi connectivity index (χ1n) is 7.93. The van der Waals surface area contributed by atoms with Gasteiger partial charge in [0.15, 0.2) is 5.82 Å². The smallest absolute Gasteiger partial charge is 0.246 e. The Labute approximate surface area is 130 Å². The highest BCUT2D eigenvalue weighted by Gasteiger charge is 2.22. The van der Waals surface area contributed by atoms with Gasteiger partial charge in [0, 0.05) is 26.4 Å². The average molecular weight is 308 g/mol. The van der Waals surface area contributed by atoms with Crippen molar-refractivity contribution < 1.29 is 14.1 Å². The molecule has 7 heteroatoms. The molecule has 1 aliphatic rings. The van der Waals surface area contributed by atoms with Gasteiger partial charge in [-0.25, -0.2) is 0 Å². The lowest BCUT2D eigenvalue weighted by atomic mass is 10.2. The number of nitrogens with zero attached hydrogens (tertiary/aromatic N) is 4. The summed E-state index contributed by atoms with van der Waals surface area (Å²) in [5.41, 5.74) is 0. The molecule has 0 bridgehead atoms. The molecule has 0 radical (unpaired) electrons. The van der Waals surface area contributed by atoms with Crippen LogP contribution in [0.3, 0.4) is 0 Å². The number of carbonyl (C=O) groups is 2. The number of carbonyl (C=O) groups excluding carboxylic acids is 2. The van der Waals surface area contributed by atoms with Crippen LogP contribution in [-0.2, 0) is 22.6 Å². The van der Waals surface area contributed by atoms with Crippen LogP contribution in [0.15, 0.2) is 4.52 Å². The molecule has 2 amide bonds. The predicted octanol–water partition coefficient (Wildman–Crippen LogP) is 1.38. The monoisotopic (exact) mass is 308 g/mol. The summed E-state index contributed by atoms with van der Waals surface area (Å²) >= 11 is 0. The van der Waals surface area contributed by atoms with Gasteiger partial charge in [-0.2, -0.15) is 4.98 Å². The molecular formula is C15H24N4O3. The van der Waals surface area contributed by atoms with Crippen molar-refractivity contribution in [3.63, 3.8) is 0 Å². The highest BCUT2D eigenvalue weighted by Crippen LogP contribution is 2.11. The average Bonchev–Trinajstić information content (AvgIpc) is 2.82. The van der Waals surface area contributed by atoms with E-state index in [-0.39, 0.29) is 24.9 Å². The topological polar surface area (TPSA) is 79.5 Å². The molecule has 0 unspecified atom stereocenters. The summed E-state index contributed by atoms with van der Waals surface area (Å²) in [6.45, 7) is 3.12. The Balaban J connectivity index is 1.86. The Morgan fingerprint density at radius 1 is 1.36 bits per heavy atom. The number of aryl methyl sites for hydroxylation is 1. The third-order valence-corrected chi connectivity index (χ3v) is 3.78. The number of hydrogen-bond acceptors (Lipinski definition) is 5. The lowest BCUT2D eigenvalue weighted by molar-refractivity contribution is -0.139. The first kappa shape index (κ1) is 16.5. The molecule has 0 N–H and O–H groups in total. The van der Waals surface area contributed by atoms with Gasteiger partial charge in [-0.3, -0.25) is 9.59 Å². The van der Waals surface area contributed by atoms with Crippen LogP contribution in [0.5, 0.6) is 0 Å². The zero-order valence-corrected chi connectivity index (χ0v) is 13.4. The Bertz CT molecular complexity index is 515. The van der Waals surface area contributed by atoms with Crippen molar-refractivity contribution in [2.24, 2.45) is 0 Å². The van der Waals surface area contributed by atoms with E-state index in [1.807, 2.05) is 6.92 Å². The molecule has 0 spiro atoms. The highest BCUT2D eigenvalue weighted by molar-refractivity contribution is 5.84. The van der Waals surface area contributed by atoms with Gasteiger partial charge in [0.05, 0.1) is 13.1 Å². The third kappa shape index (κ3) is 4.54. The minimum atomic E-state index is -0.106. The van der Waals surface area contributed by atoms with Crippen molar-refractivity contribution in [3.8, 4) is 0 Å². The minimum Gasteiger partial charge on any atom is -0.337 e. The molecule has 1 saturated heterocycles. The zero-order chi connectivity index (χ0) is 15.9. The van der Waals surface area contributed by atoms with Crippen LogP contribution in [0.2, 0.25) is 0 Å². The van der Waals surface area contributed by atoms with Gasteiger partial charge in [0.1, 0.15) is 0 Å². The van der Waals surface area contributed by atoms with Gasteiger partial charge in [-0.1, -0.05) is 18.5 Å². The van der Waals surface area contributed by atoms with Gasteiger partial charge in [0.25, 0.3) is 0 Å². The first-order chi connectivity index (χ1) is 10.6. The molecule has 122 valence electrons. The van der Waals surface area contributed by atoms with Gasteiger partial charge < -0.3 is 14.3 Å². The fourth-order valence-corrected chi connectivity index (χ4v) is 2.46. The SMILES string of the molecule is CCCc1noc(CN(C)C(=O)CN2CCCCCC2=O)n1. The van der Waals surface area contributed by atoms with E-state index in [1.165, 1.54) is 4.90 Å². The Morgan fingerprint density at radius 3 is 2.95 bits per heavy atom. The molecule has 1 aromatic rings. The summed E-state index contributed by atoms with van der Waals surface area (Å²) in [5.74, 6) is 1.07. The van der Waals surface area contributed by atoms with E-state index in [9.17, 15) is 9.59 Å². The molecule has 0 aliphatic carbocycles. The van der Waals surface area contributed by atoms with E-state index in [1.54, 1.807) is 11.9 Å². The number of hydrogen-bond donors (Lipinski definition) is 0. The van der Waals surface area contributed by atoms with Crippen LogP contribution in [0.1, 0.15) is 50.7 Å². The summed E-state index contributed by atoms with van der Waals surface area (Å²) in [5, 5.41) is 3.87. The molecule has 1 aromatic heterocycles. The van der Waals surface area contributed by atoms with Crippen LogP contribution in [0.25, 0.3) is 0 Å². The quantitative estimate of drug-likeness (QED) is 0.793. The number of rotatable bonds is 6. The van der Waals surface area contributed by atoms with E-state index in [0.29, 0.717) is 24.7 Å². The summed E-state index contributed by atoms with van der Waals surface area (Å²) in [7, 11) is 1.69. The number of likely N-dealkylation sites (N-methyl/N-ethyl adjacent to an activating group) is 1. The van der Waals surface area contributed by atoms with Crippen molar-refractivity contribution in [2.75, 3.05) is 20.1 Å². The zero-order valence-electron chi connectivity index (χ0n) is 13.4. The van der Waals surface area contributed by atoms with Crippen LogP contribution in [-0.4, -0.2) is 51.9 Å². The van der Waals surface area contributed by atoms with Gasteiger partial charge in [-0.05, 0) is 19.3 Å². The van der Waals surface area contributed by atoms with Crippen molar-refractivity contribution in [1.29, 1.82) is 0 Å². The maximum absolute atomic E-state index is 12.2. The van der Waals surface area contributed by atoms with Crippen molar-refractivity contribution in [2.45, 2.75) is 52.0 Å². The normalized spacial score (nSPS) is 15.7. The molecule has 0 atom stereocenters. The Morgan fingerprint density at radius 2 is 2.18 bits per heavy atom. The molecule has 2 rings (SSSR count). The van der Waals surface area contributed by atoms with Crippen molar-refractivity contribution in [3.05, 3.63) is 11.7 Å². The molecule has 0 saturated carbocycles. The second-order valence-electron chi connectivity index (χ2n) is 5.73. The molecule has 22 heavy (non-hydrogen) atoms. The van der Waals surface area contributed by atoms with Crippen LogP contribution in [0.4, 0.5) is 0 Å². The molecule has 2 heterocycles. The maximum Gasteiger partial charge on any atom is 0.246 e. The van der Waals surface area contributed by atoms with Gasteiger partial charge in [0.2, 0.25) is 17.7 Å². The number of amides is 2. The Hall–Kier alpha value is -1.92. The predicted molar refractivity (Wildman–Crippen MR) is 79.8 cm³/mol. The second kappa shape index (κ2) is 7.91. The van der Waals surface area contributed by atoms with Crippen molar-refractivity contribution in [1.82, 2.24) is 19.9 Å². The molecular weight excluding hydrogens is 284 g/mol. The van der Waals surface area contributed by atoms with Crippen LogP contribution >= 0.6 is 0 Å². The highest BCUT2D eigenvalue weighted by atomic mass is 16.5. The fraction of sp³-hybridized carbons (Fsp3) is 0.733. The van der Waals surface area contributed by atoms with E-state index in [4.69, 9.17) is 4.52 Å². The lowest BCUT2D eigenvalue weighted by Gasteiger charge is -2.23. The van der Waals surface area contributed by atoms with E-state index < -0.39 is 0 Å². The van der Waals surface area contributed by atoms with Gasteiger partial charge >= 0.3 is 0 Å². The number of aromatic nitrogens is 2. The van der Waals surface area contributed by atoms with Crippen molar-refractivity contribution >= 4 is 11.8 Å². The summed E-state index contributed by atoms with van der Waals surface area (Å²) in [4.78, 5) is 31.6. The summed E-state index contributed by atoms with van der Waals surface area (Å²) in [6.07, 6.45) is 5.19. The molecule has 1 aliphatic heterocycles. The van der Waals surface area contributed by atoms with Crippen LogP contribution < -0.4 is 0 Å². The minimum absolute atomic E-state index is 0.0715. The number of likely N-dealkylation sites (tertiary alicyclic amines) is 1. The summed E-state index contributed by atoms with van der Waals surface area (Å²) < 4.78 is 5.13. The maximum atomic E-state index is 12.2. The molecule has 0 aromatic carbocycles. The first-order valence-corrected chi connectivity index (χ1v) is 7.93. The van der Waals surface area contributed by atoms with Gasteiger partial charge in [-0.15, -0.1) is 0 Å². The van der Waals surface area contributed by atoms with E-state index in [2.05, 4.69) is 10.1 Å².